The van der Waals surface area contributed by atoms with Gasteiger partial charge in [-0.1, -0.05) is 13.8 Å². The Kier molecular flexibility index (Phi) is 7.10. The third-order valence-electron chi connectivity index (χ3n) is 3.63. The van der Waals surface area contributed by atoms with Gasteiger partial charge in [-0.05, 0) is 58.2 Å². The minimum Gasteiger partial charge on any atom is -0.374 e. The summed E-state index contributed by atoms with van der Waals surface area (Å²) in [5, 5.41) is 3.47. The molecule has 2 unspecified atom stereocenters. The zero-order valence-electron chi connectivity index (χ0n) is 13.8. The van der Waals surface area contributed by atoms with Crippen LogP contribution in [0.2, 0.25) is 0 Å². The molecule has 0 spiro atoms. The molecule has 0 saturated carbocycles. The molecular formula is C16H29N3O. The molecule has 0 amide bonds. The lowest BCUT2D eigenvalue weighted by Crippen LogP contribution is -2.24. The van der Waals surface area contributed by atoms with Gasteiger partial charge in [-0.3, -0.25) is 0 Å². The highest BCUT2D eigenvalue weighted by molar-refractivity contribution is 5.25. The van der Waals surface area contributed by atoms with E-state index in [0.29, 0.717) is 5.92 Å². The number of aromatic nitrogens is 2. The maximum atomic E-state index is 5.30. The largest absolute Gasteiger partial charge is 0.374 e. The average molecular weight is 279 g/mol. The number of rotatable bonds is 8. The SMILES string of the molecule is CCCNCC(C)Cc1c(C)nc(C(C)OC)nc1C. The van der Waals surface area contributed by atoms with Crippen LogP contribution < -0.4 is 5.32 Å². The molecule has 114 valence electrons. The molecule has 0 aliphatic rings. The Balaban J connectivity index is 2.75. The van der Waals surface area contributed by atoms with E-state index in [1.54, 1.807) is 7.11 Å². The minimum absolute atomic E-state index is 0.0508. The predicted molar refractivity (Wildman–Crippen MR) is 83.0 cm³/mol. The molecular weight excluding hydrogens is 250 g/mol. The summed E-state index contributed by atoms with van der Waals surface area (Å²) in [6.07, 6.45) is 2.15. The molecule has 1 aromatic heterocycles. The predicted octanol–water partition coefficient (Wildman–Crippen LogP) is 2.98. The first-order valence-electron chi connectivity index (χ1n) is 7.57. The lowest BCUT2D eigenvalue weighted by atomic mass is 9.98. The molecule has 0 bridgehead atoms. The van der Waals surface area contributed by atoms with Crippen LogP contribution in [-0.2, 0) is 11.2 Å². The summed E-state index contributed by atoms with van der Waals surface area (Å²) in [5.74, 6) is 1.37. The highest BCUT2D eigenvalue weighted by Gasteiger charge is 2.15. The van der Waals surface area contributed by atoms with Gasteiger partial charge in [-0.25, -0.2) is 9.97 Å². The molecule has 1 N–H and O–H groups in total. The Morgan fingerprint density at radius 2 is 1.75 bits per heavy atom. The summed E-state index contributed by atoms with van der Waals surface area (Å²) in [5.41, 5.74) is 3.44. The number of aryl methyl sites for hydroxylation is 2. The second-order valence-corrected chi connectivity index (χ2v) is 5.62. The van der Waals surface area contributed by atoms with E-state index in [0.717, 1.165) is 36.7 Å². The van der Waals surface area contributed by atoms with Crippen LogP contribution >= 0.6 is 0 Å². The van der Waals surface area contributed by atoms with Crippen molar-refractivity contribution in [2.24, 2.45) is 5.92 Å². The number of methoxy groups -OCH3 is 1. The van der Waals surface area contributed by atoms with Crippen LogP contribution in [0.4, 0.5) is 0 Å². The Morgan fingerprint density at radius 3 is 2.25 bits per heavy atom. The quantitative estimate of drug-likeness (QED) is 0.743. The van der Waals surface area contributed by atoms with Crippen LogP contribution in [0.25, 0.3) is 0 Å². The zero-order chi connectivity index (χ0) is 15.1. The fraction of sp³-hybridized carbons (Fsp3) is 0.750. The molecule has 4 heteroatoms. The summed E-state index contributed by atoms with van der Waals surface area (Å²) in [6.45, 7) is 12.7. The molecule has 1 heterocycles. The minimum atomic E-state index is -0.0508. The van der Waals surface area contributed by atoms with E-state index < -0.39 is 0 Å². The standard InChI is InChI=1S/C16H29N3O/c1-7-8-17-10-11(2)9-15-12(3)18-16(14(5)20-6)19-13(15)4/h11,14,17H,7-10H2,1-6H3. The Labute approximate surface area is 123 Å². The Bertz CT molecular complexity index is 397. The van der Waals surface area contributed by atoms with Gasteiger partial charge in [0, 0.05) is 18.5 Å². The van der Waals surface area contributed by atoms with E-state index in [-0.39, 0.29) is 6.10 Å². The van der Waals surface area contributed by atoms with E-state index in [1.807, 2.05) is 6.92 Å². The maximum absolute atomic E-state index is 5.30. The van der Waals surface area contributed by atoms with Crippen LogP contribution in [-0.4, -0.2) is 30.2 Å². The van der Waals surface area contributed by atoms with Gasteiger partial charge in [0.1, 0.15) is 6.10 Å². The number of nitrogens with zero attached hydrogens (tertiary/aromatic N) is 2. The summed E-state index contributed by atoms with van der Waals surface area (Å²) < 4.78 is 5.30. The number of ether oxygens (including phenoxy) is 1. The first-order valence-corrected chi connectivity index (χ1v) is 7.57. The summed E-state index contributed by atoms with van der Waals surface area (Å²) in [4.78, 5) is 9.20. The van der Waals surface area contributed by atoms with Crippen molar-refractivity contribution >= 4 is 0 Å². The van der Waals surface area contributed by atoms with Crippen molar-refractivity contribution in [3.05, 3.63) is 22.8 Å². The third kappa shape index (κ3) is 4.84. The summed E-state index contributed by atoms with van der Waals surface area (Å²) in [6, 6.07) is 0. The smallest absolute Gasteiger partial charge is 0.157 e. The van der Waals surface area contributed by atoms with Gasteiger partial charge in [-0.2, -0.15) is 0 Å². The van der Waals surface area contributed by atoms with Gasteiger partial charge in [-0.15, -0.1) is 0 Å². The lowest BCUT2D eigenvalue weighted by Gasteiger charge is -2.17. The highest BCUT2D eigenvalue weighted by atomic mass is 16.5. The maximum Gasteiger partial charge on any atom is 0.157 e. The van der Waals surface area contributed by atoms with Crippen molar-refractivity contribution in [1.82, 2.24) is 15.3 Å². The lowest BCUT2D eigenvalue weighted by molar-refractivity contribution is 0.111. The monoisotopic (exact) mass is 279 g/mol. The molecule has 0 saturated heterocycles. The molecule has 1 rings (SSSR count). The van der Waals surface area contributed by atoms with E-state index in [4.69, 9.17) is 4.74 Å². The van der Waals surface area contributed by atoms with Gasteiger partial charge < -0.3 is 10.1 Å². The first kappa shape index (κ1) is 17.1. The van der Waals surface area contributed by atoms with Crippen LogP contribution in [0, 0.1) is 19.8 Å². The van der Waals surface area contributed by atoms with Gasteiger partial charge >= 0.3 is 0 Å². The van der Waals surface area contributed by atoms with Crippen LogP contribution in [0.3, 0.4) is 0 Å². The fourth-order valence-electron chi connectivity index (χ4n) is 2.29. The average Bonchev–Trinajstić information content (AvgIpc) is 2.42. The molecule has 4 nitrogen and oxygen atoms in total. The first-order chi connectivity index (χ1) is 9.49. The molecule has 0 fully saturated rings. The van der Waals surface area contributed by atoms with Crippen molar-refractivity contribution in [1.29, 1.82) is 0 Å². The second kappa shape index (κ2) is 8.32. The van der Waals surface area contributed by atoms with E-state index >= 15 is 0 Å². The van der Waals surface area contributed by atoms with E-state index in [2.05, 4.69) is 43.0 Å². The third-order valence-corrected chi connectivity index (χ3v) is 3.63. The molecule has 2 atom stereocenters. The number of nitrogens with one attached hydrogen (secondary N) is 1. The van der Waals surface area contributed by atoms with Gasteiger partial charge in [0.2, 0.25) is 0 Å². The molecule has 0 aromatic carbocycles. The molecule has 0 aliphatic carbocycles. The molecule has 0 radical (unpaired) electrons. The van der Waals surface area contributed by atoms with Crippen molar-refractivity contribution < 1.29 is 4.74 Å². The fourth-order valence-corrected chi connectivity index (χ4v) is 2.29. The van der Waals surface area contributed by atoms with Gasteiger partial charge in [0.25, 0.3) is 0 Å². The zero-order valence-corrected chi connectivity index (χ0v) is 13.8. The Morgan fingerprint density at radius 1 is 1.15 bits per heavy atom. The van der Waals surface area contributed by atoms with Gasteiger partial charge in [0.05, 0.1) is 0 Å². The summed E-state index contributed by atoms with van der Waals surface area (Å²) in [7, 11) is 1.69. The molecule has 0 aliphatic heterocycles. The molecule has 1 aromatic rings. The van der Waals surface area contributed by atoms with Crippen molar-refractivity contribution in [3.63, 3.8) is 0 Å². The molecule has 20 heavy (non-hydrogen) atoms. The van der Waals surface area contributed by atoms with Crippen LogP contribution in [0.1, 0.15) is 56.1 Å². The van der Waals surface area contributed by atoms with Crippen molar-refractivity contribution in [3.8, 4) is 0 Å². The van der Waals surface area contributed by atoms with Crippen molar-refractivity contribution in [2.75, 3.05) is 20.2 Å². The van der Waals surface area contributed by atoms with Gasteiger partial charge in [0.15, 0.2) is 5.82 Å². The normalized spacial score (nSPS) is 14.3. The van der Waals surface area contributed by atoms with Crippen molar-refractivity contribution in [2.45, 2.75) is 53.6 Å². The van der Waals surface area contributed by atoms with Crippen LogP contribution in [0.5, 0.6) is 0 Å². The summed E-state index contributed by atoms with van der Waals surface area (Å²) >= 11 is 0. The van der Waals surface area contributed by atoms with E-state index in [1.165, 1.54) is 12.0 Å². The topological polar surface area (TPSA) is 47.0 Å². The Hall–Kier alpha value is -1.00. The second-order valence-electron chi connectivity index (χ2n) is 5.62. The van der Waals surface area contributed by atoms with E-state index in [9.17, 15) is 0 Å². The highest BCUT2D eigenvalue weighted by Crippen LogP contribution is 2.19. The number of hydrogen-bond acceptors (Lipinski definition) is 4. The number of hydrogen-bond donors (Lipinski definition) is 1. The van der Waals surface area contributed by atoms with Crippen LogP contribution in [0.15, 0.2) is 0 Å².